The molecule has 0 N–H and O–H groups in total. The number of rotatable bonds is 1. The SMILES string of the molecule is CC(C)[C@@H]1CC2CC2N1C(C)(C)C. The van der Waals surface area contributed by atoms with Crippen LogP contribution in [0.25, 0.3) is 0 Å². The second-order valence-corrected chi connectivity index (χ2v) is 6.19. The van der Waals surface area contributed by atoms with Gasteiger partial charge in [0.25, 0.3) is 0 Å². The first kappa shape index (κ1) is 9.51. The van der Waals surface area contributed by atoms with Crippen LogP contribution in [0.3, 0.4) is 0 Å². The topological polar surface area (TPSA) is 3.24 Å². The van der Waals surface area contributed by atoms with Crippen LogP contribution in [-0.4, -0.2) is 22.5 Å². The first-order valence-electron chi connectivity index (χ1n) is 5.69. The minimum Gasteiger partial charge on any atom is -0.292 e. The summed E-state index contributed by atoms with van der Waals surface area (Å²) >= 11 is 0. The molecule has 0 aromatic carbocycles. The van der Waals surface area contributed by atoms with E-state index in [0.717, 1.165) is 23.9 Å². The van der Waals surface area contributed by atoms with Gasteiger partial charge in [-0.2, -0.15) is 0 Å². The molecular formula is C12H23N. The molecule has 1 heteroatoms. The predicted octanol–water partition coefficient (Wildman–Crippen LogP) is 2.90. The maximum Gasteiger partial charge on any atom is 0.0136 e. The van der Waals surface area contributed by atoms with Gasteiger partial charge in [0.05, 0.1) is 0 Å². The van der Waals surface area contributed by atoms with Gasteiger partial charge in [0.1, 0.15) is 0 Å². The average molecular weight is 181 g/mol. The first-order valence-corrected chi connectivity index (χ1v) is 5.69. The zero-order chi connectivity index (χ0) is 9.80. The van der Waals surface area contributed by atoms with Crippen LogP contribution in [0.1, 0.15) is 47.5 Å². The zero-order valence-corrected chi connectivity index (χ0v) is 9.67. The van der Waals surface area contributed by atoms with Gasteiger partial charge in [-0.25, -0.2) is 0 Å². The highest BCUT2D eigenvalue weighted by Gasteiger charge is 2.55. The van der Waals surface area contributed by atoms with Crippen molar-refractivity contribution in [2.75, 3.05) is 0 Å². The molecule has 1 saturated carbocycles. The van der Waals surface area contributed by atoms with Crippen molar-refractivity contribution in [1.29, 1.82) is 0 Å². The third-order valence-electron chi connectivity index (χ3n) is 3.69. The molecule has 2 fully saturated rings. The monoisotopic (exact) mass is 181 g/mol. The van der Waals surface area contributed by atoms with Crippen LogP contribution in [0.5, 0.6) is 0 Å². The third kappa shape index (κ3) is 1.52. The van der Waals surface area contributed by atoms with Crippen LogP contribution in [0.4, 0.5) is 0 Å². The molecule has 1 aliphatic carbocycles. The summed E-state index contributed by atoms with van der Waals surface area (Å²) in [6.45, 7) is 11.8. The van der Waals surface area contributed by atoms with Crippen LogP contribution in [0, 0.1) is 11.8 Å². The fourth-order valence-corrected chi connectivity index (χ4v) is 3.08. The molecule has 0 amide bonds. The lowest BCUT2D eigenvalue weighted by Gasteiger charge is -2.41. The van der Waals surface area contributed by atoms with Gasteiger partial charge >= 0.3 is 0 Å². The smallest absolute Gasteiger partial charge is 0.0136 e. The van der Waals surface area contributed by atoms with Crippen LogP contribution in [-0.2, 0) is 0 Å². The van der Waals surface area contributed by atoms with E-state index in [2.05, 4.69) is 39.5 Å². The molecule has 2 aliphatic rings. The van der Waals surface area contributed by atoms with Gasteiger partial charge in [0, 0.05) is 17.6 Å². The summed E-state index contributed by atoms with van der Waals surface area (Å²) < 4.78 is 0. The molecule has 1 heterocycles. The molecule has 0 radical (unpaired) electrons. The van der Waals surface area contributed by atoms with Gasteiger partial charge in [-0.15, -0.1) is 0 Å². The summed E-state index contributed by atoms with van der Waals surface area (Å²) in [5.41, 5.74) is 0.380. The molecule has 0 spiro atoms. The zero-order valence-electron chi connectivity index (χ0n) is 9.67. The van der Waals surface area contributed by atoms with E-state index < -0.39 is 0 Å². The molecule has 0 bridgehead atoms. The minimum absolute atomic E-state index is 0.380. The number of hydrogen-bond donors (Lipinski definition) is 0. The second kappa shape index (κ2) is 2.73. The van der Waals surface area contributed by atoms with Gasteiger partial charge in [0.2, 0.25) is 0 Å². The minimum atomic E-state index is 0.380. The van der Waals surface area contributed by atoms with Gasteiger partial charge in [-0.3, -0.25) is 4.90 Å². The average Bonchev–Trinajstić information content (AvgIpc) is 2.58. The number of nitrogens with zero attached hydrogens (tertiary/aromatic N) is 1. The Kier molecular flexibility index (Phi) is 1.99. The number of fused-ring (bicyclic) bond motifs is 1. The highest BCUT2D eigenvalue weighted by atomic mass is 15.3. The molecule has 76 valence electrons. The highest BCUT2D eigenvalue weighted by molar-refractivity contribution is 5.09. The first-order chi connectivity index (χ1) is 5.91. The van der Waals surface area contributed by atoms with Crippen molar-refractivity contribution < 1.29 is 0 Å². The van der Waals surface area contributed by atoms with Crippen molar-refractivity contribution in [3.8, 4) is 0 Å². The molecule has 1 nitrogen and oxygen atoms in total. The normalized spacial score (nSPS) is 39.7. The van der Waals surface area contributed by atoms with Crippen molar-refractivity contribution in [2.45, 2.75) is 65.1 Å². The van der Waals surface area contributed by atoms with Gasteiger partial charge in [0.15, 0.2) is 0 Å². The number of hydrogen-bond acceptors (Lipinski definition) is 1. The Labute approximate surface area is 82.5 Å². The Morgan fingerprint density at radius 1 is 1.15 bits per heavy atom. The Balaban J connectivity index is 2.14. The summed E-state index contributed by atoms with van der Waals surface area (Å²) in [7, 11) is 0. The van der Waals surface area contributed by atoms with Crippen LogP contribution < -0.4 is 0 Å². The van der Waals surface area contributed by atoms with Crippen molar-refractivity contribution in [1.82, 2.24) is 4.90 Å². The largest absolute Gasteiger partial charge is 0.292 e. The van der Waals surface area contributed by atoms with E-state index in [4.69, 9.17) is 0 Å². The Morgan fingerprint density at radius 3 is 2.15 bits per heavy atom. The van der Waals surface area contributed by atoms with E-state index in [0.29, 0.717) is 5.54 Å². The summed E-state index contributed by atoms with van der Waals surface area (Å²) in [6, 6.07) is 1.79. The molecule has 1 aliphatic heterocycles. The fourth-order valence-electron chi connectivity index (χ4n) is 3.08. The van der Waals surface area contributed by atoms with E-state index >= 15 is 0 Å². The summed E-state index contributed by atoms with van der Waals surface area (Å²) in [6.07, 6.45) is 2.93. The number of piperidine rings is 1. The van der Waals surface area contributed by atoms with Gasteiger partial charge in [-0.05, 0) is 45.4 Å². The molecule has 3 atom stereocenters. The standard InChI is InChI=1S/C12H23N/c1-8(2)10-6-9-7-11(9)13(10)12(3,4)5/h8-11H,6-7H2,1-5H3/t9?,10-,11?/m0/s1. The van der Waals surface area contributed by atoms with Crippen LogP contribution >= 0.6 is 0 Å². The lowest BCUT2D eigenvalue weighted by molar-refractivity contribution is 0.0713. The molecule has 0 aromatic rings. The van der Waals surface area contributed by atoms with E-state index in [1.807, 2.05) is 0 Å². The predicted molar refractivity (Wildman–Crippen MR) is 56.7 cm³/mol. The quantitative estimate of drug-likeness (QED) is 0.601. The molecular weight excluding hydrogens is 158 g/mol. The Bertz CT molecular complexity index is 202. The highest BCUT2D eigenvalue weighted by Crippen LogP contribution is 2.52. The van der Waals surface area contributed by atoms with Gasteiger partial charge < -0.3 is 0 Å². The summed E-state index contributed by atoms with van der Waals surface area (Å²) in [5, 5.41) is 0. The van der Waals surface area contributed by atoms with E-state index in [1.165, 1.54) is 12.8 Å². The fraction of sp³-hybridized carbons (Fsp3) is 1.00. The summed E-state index contributed by atoms with van der Waals surface area (Å²) in [5.74, 6) is 1.87. The van der Waals surface area contributed by atoms with E-state index in [1.54, 1.807) is 0 Å². The maximum atomic E-state index is 2.78. The third-order valence-corrected chi connectivity index (χ3v) is 3.69. The van der Waals surface area contributed by atoms with Crippen LogP contribution in [0.15, 0.2) is 0 Å². The number of likely N-dealkylation sites (tertiary alicyclic amines) is 1. The summed E-state index contributed by atoms with van der Waals surface area (Å²) in [4.78, 5) is 2.78. The van der Waals surface area contributed by atoms with Gasteiger partial charge in [-0.1, -0.05) is 13.8 Å². The second-order valence-electron chi connectivity index (χ2n) is 6.19. The molecule has 13 heavy (non-hydrogen) atoms. The molecule has 1 saturated heterocycles. The van der Waals surface area contributed by atoms with Crippen molar-refractivity contribution in [3.05, 3.63) is 0 Å². The Morgan fingerprint density at radius 2 is 1.77 bits per heavy atom. The van der Waals surface area contributed by atoms with Crippen molar-refractivity contribution >= 4 is 0 Å². The maximum absolute atomic E-state index is 2.78. The molecule has 2 rings (SSSR count). The Hall–Kier alpha value is -0.0400. The lowest BCUT2D eigenvalue weighted by atomic mass is 9.95. The van der Waals surface area contributed by atoms with Crippen molar-refractivity contribution in [3.63, 3.8) is 0 Å². The van der Waals surface area contributed by atoms with E-state index in [9.17, 15) is 0 Å². The molecule has 2 unspecified atom stereocenters. The lowest BCUT2D eigenvalue weighted by Crippen LogP contribution is -2.48. The van der Waals surface area contributed by atoms with Crippen molar-refractivity contribution in [2.24, 2.45) is 11.8 Å². The van der Waals surface area contributed by atoms with Crippen LogP contribution in [0.2, 0.25) is 0 Å². The van der Waals surface area contributed by atoms with E-state index in [-0.39, 0.29) is 0 Å². The molecule has 0 aromatic heterocycles.